The normalized spacial score (nSPS) is 36.2. The molecule has 5 N–H and O–H groups in total. The molecule has 0 radical (unpaired) electrons. The van der Waals surface area contributed by atoms with Gasteiger partial charge in [0.25, 0.3) is 0 Å². The fourth-order valence-corrected chi connectivity index (χ4v) is 4.01. The van der Waals surface area contributed by atoms with E-state index in [2.05, 4.69) is 0 Å². The molecular formula is C12H20Cl6N2O2. The van der Waals surface area contributed by atoms with Gasteiger partial charge in [-0.2, -0.15) is 0 Å². The van der Waals surface area contributed by atoms with Crippen molar-refractivity contribution in [2.24, 2.45) is 11.5 Å². The molecule has 22 heavy (non-hydrogen) atoms. The van der Waals surface area contributed by atoms with E-state index in [0.717, 1.165) is 12.8 Å². The van der Waals surface area contributed by atoms with Gasteiger partial charge in [-0.05, 0) is 19.4 Å². The number of alkyl halides is 6. The fraction of sp³-hybridized carbons (Fsp3) is 0.917. The van der Waals surface area contributed by atoms with E-state index in [9.17, 15) is 4.79 Å². The number of halogens is 6. The summed E-state index contributed by atoms with van der Waals surface area (Å²) < 4.78 is 0. The highest BCUT2D eigenvalue weighted by molar-refractivity contribution is 6.45. The van der Waals surface area contributed by atoms with Crippen LogP contribution in [0.2, 0.25) is 0 Å². The van der Waals surface area contributed by atoms with Crippen molar-refractivity contribution in [1.82, 2.24) is 0 Å². The maximum absolute atomic E-state index is 10.1. The van der Waals surface area contributed by atoms with Gasteiger partial charge >= 0.3 is 5.97 Å². The maximum atomic E-state index is 10.1. The van der Waals surface area contributed by atoms with Gasteiger partial charge in [-0.25, -0.2) is 0 Å². The SMILES string of the molecule is ClC1C(Cl)C(Cl)C(Cl)C(Cl)C1Cl.NCCCCC(N)C(=O)O. The summed E-state index contributed by atoms with van der Waals surface area (Å²) in [4.78, 5) is 10.1. The van der Waals surface area contributed by atoms with Crippen molar-refractivity contribution in [3.8, 4) is 0 Å². The molecule has 0 bridgehead atoms. The smallest absolute Gasteiger partial charge is 0.320 e. The highest BCUT2D eigenvalue weighted by atomic mass is 35.5. The minimum Gasteiger partial charge on any atom is -0.480 e. The number of aliphatic carboxylic acids is 1. The monoisotopic (exact) mass is 434 g/mol. The summed E-state index contributed by atoms with van der Waals surface area (Å²) in [7, 11) is 0. The number of rotatable bonds is 5. The predicted octanol–water partition coefficient (Wildman–Crippen LogP) is 3.17. The Hall–Kier alpha value is 1.13. The number of nitrogens with two attached hydrogens (primary N) is 2. The quantitative estimate of drug-likeness (QED) is 0.456. The number of unbranched alkanes of at least 4 members (excludes halogenated alkanes) is 1. The van der Waals surface area contributed by atoms with Crippen molar-refractivity contribution in [1.29, 1.82) is 0 Å². The number of carboxylic acids is 1. The van der Waals surface area contributed by atoms with Gasteiger partial charge in [-0.3, -0.25) is 4.79 Å². The van der Waals surface area contributed by atoms with Gasteiger partial charge in [0, 0.05) is 0 Å². The summed E-state index contributed by atoms with van der Waals surface area (Å²) in [5, 5.41) is 5.70. The number of carbonyl (C=O) groups is 1. The van der Waals surface area contributed by atoms with Crippen LogP contribution in [-0.4, -0.2) is 55.9 Å². The molecule has 1 saturated carbocycles. The molecule has 0 spiro atoms. The Labute approximate surface area is 160 Å². The van der Waals surface area contributed by atoms with Crippen LogP contribution >= 0.6 is 69.6 Å². The lowest BCUT2D eigenvalue weighted by Crippen LogP contribution is -2.52. The third-order valence-electron chi connectivity index (χ3n) is 3.11. The minimum absolute atomic E-state index is 0.437. The number of hydrogen-bond donors (Lipinski definition) is 3. The first-order valence-electron chi connectivity index (χ1n) is 6.68. The third-order valence-corrected chi connectivity index (χ3v) is 7.14. The van der Waals surface area contributed by atoms with Crippen molar-refractivity contribution >= 4 is 75.6 Å². The van der Waals surface area contributed by atoms with Gasteiger partial charge in [0.2, 0.25) is 0 Å². The van der Waals surface area contributed by atoms with Gasteiger partial charge in [-0.15, -0.1) is 69.6 Å². The Bertz CT molecular complexity index is 280. The molecule has 0 saturated heterocycles. The molecule has 1 unspecified atom stereocenters. The molecule has 132 valence electrons. The Kier molecular flexibility index (Phi) is 12.2. The van der Waals surface area contributed by atoms with Crippen LogP contribution in [0.1, 0.15) is 19.3 Å². The van der Waals surface area contributed by atoms with Gasteiger partial charge < -0.3 is 16.6 Å². The van der Waals surface area contributed by atoms with Gasteiger partial charge in [0.1, 0.15) is 6.04 Å². The molecule has 0 aliphatic heterocycles. The van der Waals surface area contributed by atoms with Crippen molar-refractivity contribution in [3.05, 3.63) is 0 Å². The van der Waals surface area contributed by atoms with E-state index in [1.807, 2.05) is 0 Å². The lowest BCUT2D eigenvalue weighted by atomic mass is 9.97. The summed E-state index contributed by atoms with van der Waals surface area (Å²) in [6.45, 7) is 0.604. The van der Waals surface area contributed by atoms with Crippen molar-refractivity contribution in [2.45, 2.75) is 57.6 Å². The summed E-state index contributed by atoms with van der Waals surface area (Å²) in [6.07, 6.45) is 2.16. The molecule has 1 aliphatic carbocycles. The third kappa shape index (κ3) is 7.35. The molecule has 1 fully saturated rings. The molecule has 1 atom stereocenters. The Morgan fingerprint density at radius 3 is 1.41 bits per heavy atom. The average molecular weight is 437 g/mol. The molecule has 0 amide bonds. The predicted molar refractivity (Wildman–Crippen MR) is 96.4 cm³/mol. The Morgan fingerprint density at radius 2 is 1.18 bits per heavy atom. The van der Waals surface area contributed by atoms with E-state index in [-0.39, 0.29) is 0 Å². The van der Waals surface area contributed by atoms with Crippen molar-refractivity contribution in [2.75, 3.05) is 6.54 Å². The van der Waals surface area contributed by atoms with Crippen molar-refractivity contribution in [3.63, 3.8) is 0 Å². The molecule has 1 aliphatic rings. The van der Waals surface area contributed by atoms with Crippen LogP contribution in [0.4, 0.5) is 0 Å². The zero-order chi connectivity index (χ0) is 17.4. The van der Waals surface area contributed by atoms with E-state index < -0.39 is 44.3 Å². The van der Waals surface area contributed by atoms with Crippen molar-refractivity contribution < 1.29 is 9.90 Å². The zero-order valence-corrected chi connectivity index (χ0v) is 16.2. The molecule has 0 aromatic carbocycles. The van der Waals surface area contributed by atoms with E-state index in [4.69, 9.17) is 86.2 Å². The first-order valence-corrected chi connectivity index (χ1v) is 9.29. The van der Waals surface area contributed by atoms with E-state index in [1.165, 1.54) is 0 Å². The summed E-state index contributed by atoms with van der Waals surface area (Å²) in [6, 6.07) is -0.716. The zero-order valence-electron chi connectivity index (χ0n) is 11.6. The molecular weight excluding hydrogens is 417 g/mol. The maximum Gasteiger partial charge on any atom is 0.320 e. The van der Waals surface area contributed by atoms with Crippen LogP contribution in [0.25, 0.3) is 0 Å². The summed E-state index contributed by atoms with van der Waals surface area (Å²) in [5.74, 6) is -0.933. The first kappa shape index (κ1) is 23.1. The first-order chi connectivity index (χ1) is 10.1. The van der Waals surface area contributed by atoms with Gasteiger partial charge in [0.05, 0.1) is 32.3 Å². The highest BCUT2D eigenvalue weighted by Gasteiger charge is 2.46. The molecule has 4 nitrogen and oxygen atoms in total. The lowest BCUT2D eigenvalue weighted by Gasteiger charge is -2.37. The van der Waals surface area contributed by atoms with E-state index in [1.54, 1.807) is 0 Å². The lowest BCUT2D eigenvalue weighted by molar-refractivity contribution is -0.138. The summed E-state index contributed by atoms with van der Waals surface area (Å²) in [5.41, 5.74) is 10.4. The fourth-order valence-electron chi connectivity index (χ4n) is 1.69. The van der Waals surface area contributed by atoms with Crippen LogP contribution in [-0.2, 0) is 4.79 Å². The van der Waals surface area contributed by atoms with Crippen LogP contribution in [0, 0.1) is 0 Å². The Balaban J connectivity index is 0.000000409. The number of carboxylic acid groups (broad SMARTS) is 1. The number of hydrogen-bond acceptors (Lipinski definition) is 3. The largest absolute Gasteiger partial charge is 0.480 e. The molecule has 1 rings (SSSR count). The molecule has 0 heterocycles. The Morgan fingerprint density at radius 1 is 0.864 bits per heavy atom. The van der Waals surface area contributed by atoms with Gasteiger partial charge in [-0.1, -0.05) is 6.42 Å². The standard InChI is InChI=1S/C6H6Cl6.C6H14N2O2/c7-1-2(8)4(10)6(12)5(11)3(1)9;7-4-2-1-3-5(8)6(9)10/h1-6H;5H,1-4,7-8H2,(H,9,10). The minimum atomic E-state index is -0.933. The molecule has 0 aromatic heterocycles. The van der Waals surface area contributed by atoms with Crippen LogP contribution in [0.5, 0.6) is 0 Å². The highest BCUT2D eigenvalue weighted by Crippen LogP contribution is 2.39. The summed E-state index contributed by atoms with van der Waals surface area (Å²) >= 11 is 35.3. The molecule has 0 aromatic rings. The second kappa shape index (κ2) is 11.6. The topological polar surface area (TPSA) is 89.3 Å². The van der Waals surface area contributed by atoms with Crippen LogP contribution < -0.4 is 11.5 Å². The van der Waals surface area contributed by atoms with E-state index in [0.29, 0.717) is 13.0 Å². The van der Waals surface area contributed by atoms with Crippen LogP contribution in [0.3, 0.4) is 0 Å². The second-order valence-electron chi connectivity index (χ2n) is 4.90. The average Bonchev–Trinajstić information content (AvgIpc) is 2.49. The second-order valence-corrected chi connectivity index (χ2v) is 7.92. The van der Waals surface area contributed by atoms with E-state index >= 15 is 0 Å². The van der Waals surface area contributed by atoms with Gasteiger partial charge in [0.15, 0.2) is 0 Å². The molecule has 10 heteroatoms. The van der Waals surface area contributed by atoms with Crippen LogP contribution in [0.15, 0.2) is 0 Å².